The summed E-state index contributed by atoms with van der Waals surface area (Å²) in [5.74, 6) is 0. The largest absolute Gasteiger partial charge is 0.395 e. The van der Waals surface area contributed by atoms with E-state index in [-0.39, 0.29) is 13.2 Å². The van der Waals surface area contributed by atoms with Gasteiger partial charge in [-0.15, -0.1) is 0 Å². The van der Waals surface area contributed by atoms with Crippen LogP contribution in [0.1, 0.15) is 0 Å². The van der Waals surface area contributed by atoms with Crippen LogP contribution in [-0.2, 0) is 0 Å². The van der Waals surface area contributed by atoms with Crippen molar-refractivity contribution in [3.8, 4) is 0 Å². The van der Waals surface area contributed by atoms with Crippen molar-refractivity contribution < 1.29 is 10.2 Å². The molecule has 5 nitrogen and oxygen atoms in total. The molecule has 0 bridgehead atoms. The van der Waals surface area contributed by atoms with Crippen molar-refractivity contribution in [2.24, 2.45) is 5.11 Å². The molecule has 3 N–H and O–H groups in total. The zero-order valence-electron chi connectivity index (χ0n) is 8.43. The molecule has 0 aliphatic heterocycles. The lowest BCUT2D eigenvalue weighted by molar-refractivity contribution is 0.281. The highest BCUT2D eigenvalue weighted by Crippen LogP contribution is 2.27. The van der Waals surface area contributed by atoms with E-state index in [4.69, 9.17) is 15.7 Å². The molecule has 5 heteroatoms. The maximum absolute atomic E-state index is 8.89. The molecule has 0 heterocycles. The molecule has 1 rings (SSSR count). The first-order valence-corrected chi connectivity index (χ1v) is 4.76. The predicted molar refractivity (Wildman–Crippen MR) is 57.6 cm³/mol. The van der Waals surface area contributed by atoms with Crippen molar-refractivity contribution in [3.63, 3.8) is 0 Å². The van der Waals surface area contributed by atoms with Gasteiger partial charge in [-0.25, -0.2) is 5.53 Å². The molecule has 0 aromatic heterocycles. The highest BCUT2D eigenvalue weighted by atomic mass is 16.3. The Morgan fingerprint density at radius 1 is 1.13 bits per heavy atom. The minimum absolute atomic E-state index is 0.00628. The number of aliphatic hydroxyl groups excluding tert-OH is 2. The Morgan fingerprint density at radius 2 is 1.73 bits per heavy atom. The molecular weight excluding hydrogens is 194 g/mol. The van der Waals surface area contributed by atoms with Gasteiger partial charge in [0.1, 0.15) is 5.69 Å². The standard InChI is InChI=1S/C10H15N3O2/c11-12-9-3-1-2-4-10(9)13(5-7-14)6-8-15/h1-4,11,14-15H,5-8H2. The average Bonchev–Trinajstić information content (AvgIpc) is 2.29. The molecule has 0 aliphatic carbocycles. The molecule has 0 radical (unpaired) electrons. The van der Waals surface area contributed by atoms with E-state index in [0.29, 0.717) is 18.8 Å². The van der Waals surface area contributed by atoms with Crippen LogP contribution in [0, 0.1) is 5.53 Å². The van der Waals surface area contributed by atoms with E-state index in [2.05, 4.69) is 5.11 Å². The van der Waals surface area contributed by atoms with Crippen LogP contribution in [0.3, 0.4) is 0 Å². The van der Waals surface area contributed by atoms with Gasteiger partial charge in [0.05, 0.1) is 18.9 Å². The third-order valence-corrected chi connectivity index (χ3v) is 2.08. The van der Waals surface area contributed by atoms with Crippen molar-refractivity contribution in [2.75, 3.05) is 31.2 Å². The summed E-state index contributed by atoms with van der Waals surface area (Å²) in [5.41, 5.74) is 8.32. The smallest absolute Gasteiger partial charge is 0.108 e. The van der Waals surface area contributed by atoms with Gasteiger partial charge >= 0.3 is 0 Å². The molecule has 1 aromatic carbocycles. The van der Waals surface area contributed by atoms with E-state index < -0.39 is 0 Å². The molecule has 0 aliphatic rings. The molecule has 1 aromatic rings. The summed E-state index contributed by atoms with van der Waals surface area (Å²) in [6, 6.07) is 7.18. The normalized spacial score (nSPS) is 10.0. The molecule has 0 atom stereocenters. The zero-order chi connectivity index (χ0) is 11.1. The first-order valence-electron chi connectivity index (χ1n) is 4.76. The summed E-state index contributed by atoms with van der Waals surface area (Å²) in [6.45, 7) is 0.860. The third kappa shape index (κ3) is 3.00. The number of rotatable bonds is 6. The number of anilines is 1. The topological polar surface area (TPSA) is 79.9 Å². The number of benzene rings is 1. The first kappa shape index (κ1) is 11.6. The zero-order valence-corrected chi connectivity index (χ0v) is 8.43. The highest BCUT2D eigenvalue weighted by molar-refractivity contribution is 5.66. The molecule has 0 amide bonds. The Kier molecular flexibility index (Phi) is 4.73. The molecule has 15 heavy (non-hydrogen) atoms. The number of hydrogen-bond donors (Lipinski definition) is 3. The average molecular weight is 209 g/mol. The SMILES string of the molecule is N=Nc1ccccc1N(CCO)CCO. The van der Waals surface area contributed by atoms with Gasteiger partial charge in [0.2, 0.25) is 0 Å². The third-order valence-electron chi connectivity index (χ3n) is 2.08. The summed E-state index contributed by atoms with van der Waals surface area (Å²) in [7, 11) is 0. The highest BCUT2D eigenvalue weighted by Gasteiger charge is 2.09. The van der Waals surface area contributed by atoms with Crippen molar-refractivity contribution >= 4 is 11.4 Å². The molecule has 0 unspecified atom stereocenters. The van der Waals surface area contributed by atoms with E-state index >= 15 is 0 Å². The minimum atomic E-state index is 0.00628. The van der Waals surface area contributed by atoms with Gasteiger partial charge in [0.15, 0.2) is 0 Å². The Hall–Kier alpha value is -1.46. The fourth-order valence-electron chi connectivity index (χ4n) is 1.42. The summed E-state index contributed by atoms with van der Waals surface area (Å²) in [6.07, 6.45) is 0. The molecule has 0 spiro atoms. The van der Waals surface area contributed by atoms with E-state index in [1.807, 2.05) is 12.1 Å². The number of aliphatic hydroxyl groups is 2. The Bertz CT molecular complexity index is 311. The predicted octanol–water partition coefficient (Wildman–Crippen LogP) is 1.14. The number of hydrogen-bond acceptors (Lipinski definition) is 5. The molecule has 82 valence electrons. The Morgan fingerprint density at radius 3 is 2.27 bits per heavy atom. The van der Waals surface area contributed by atoms with Gasteiger partial charge in [-0.05, 0) is 12.1 Å². The van der Waals surface area contributed by atoms with Gasteiger partial charge < -0.3 is 15.1 Å². The summed E-state index contributed by atoms with van der Waals surface area (Å²) in [4.78, 5) is 1.80. The number of para-hydroxylation sites is 2. The summed E-state index contributed by atoms with van der Waals surface area (Å²) >= 11 is 0. The molecule has 0 saturated heterocycles. The lowest BCUT2D eigenvalue weighted by atomic mass is 10.2. The molecule has 0 saturated carbocycles. The maximum atomic E-state index is 8.89. The monoisotopic (exact) mass is 209 g/mol. The van der Waals surface area contributed by atoms with Crippen LogP contribution in [0.25, 0.3) is 0 Å². The maximum Gasteiger partial charge on any atom is 0.108 e. The van der Waals surface area contributed by atoms with Gasteiger partial charge in [-0.2, -0.15) is 5.11 Å². The Balaban J connectivity index is 2.92. The van der Waals surface area contributed by atoms with Gasteiger partial charge in [-0.3, -0.25) is 0 Å². The summed E-state index contributed by atoms with van der Waals surface area (Å²) < 4.78 is 0. The fourth-order valence-corrected chi connectivity index (χ4v) is 1.42. The van der Waals surface area contributed by atoms with E-state index in [0.717, 1.165) is 5.69 Å². The van der Waals surface area contributed by atoms with Crippen LogP contribution >= 0.6 is 0 Å². The quantitative estimate of drug-likeness (QED) is 0.614. The van der Waals surface area contributed by atoms with Crippen LogP contribution in [0.15, 0.2) is 29.4 Å². The second-order valence-electron chi connectivity index (χ2n) is 3.03. The van der Waals surface area contributed by atoms with Crippen LogP contribution in [-0.4, -0.2) is 36.5 Å². The minimum Gasteiger partial charge on any atom is -0.395 e. The number of nitrogens with zero attached hydrogens (tertiary/aromatic N) is 2. The van der Waals surface area contributed by atoms with Gasteiger partial charge in [-0.1, -0.05) is 12.1 Å². The van der Waals surface area contributed by atoms with E-state index in [1.54, 1.807) is 17.0 Å². The fraction of sp³-hybridized carbons (Fsp3) is 0.400. The van der Waals surface area contributed by atoms with Crippen LogP contribution in [0.5, 0.6) is 0 Å². The first-order chi connectivity index (χ1) is 7.33. The second kappa shape index (κ2) is 6.10. The van der Waals surface area contributed by atoms with Crippen LogP contribution in [0.2, 0.25) is 0 Å². The molecule has 0 fully saturated rings. The lowest BCUT2D eigenvalue weighted by Gasteiger charge is -2.23. The van der Waals surface area contributed by atoms with E-state index in [9.17, 15) is 0 Å². The van der Waals surface area contributed by atoms with Crippen molar-refractivity contribution in [1.82, 2.24) is 0 Å². The van der Waals surface area contributed by atoms with Crippen LogP contribution < -0.4 is 4.90 Å². The lowest BCUT2D eigenvalue weighted by Crippen LogP contribution is -2.29. The Labute approximate surface area is 88.5 Å². The van der Waals surface area contributed by atoms with Crippen molar-refractivity contribution in [3.05, 3.63) is 24.3 Å². The van der Waals surface area contributed by atoms with Crippen molar-refractivity contribution in [1.29, 1.82) is 5.53 Å². The number of nitrogens with one attached hydrogen (secondary N) is 1. The van der Waals surface area contributed by atoms with Crippen LogP contribution in [0.4, 0.5) is 11.4 Å². The van der Waals surface area contributed by atoms with Crippen molar-refractivity contribution in [2.45, 2.75) is 0 Å². The molecular formula is C10H15N3O2. The second-order valence-corrected chi connectivity index (χ2v) is 3.03. The van der Waals surface area contributed by atoms with Gasteiger partial charge in [0, 0.05) is 13.1 Å². The van der Waals surface area contributed by atoms with E-state index in [1.165, 1.54) is 0 Å². The summed E-state index contributed by atoms with van der Waals surface area (Å²) in [5, 5.41) is 21.2. The van der Waals surface area contributed by atoms with Gasteiger partial charge in [0.25, 0.3) is 0 Å².